The Bertz CT molecular complexity index is 396. The molecule has 0 atom stereocenters. The van der Waals surface area contributed by atoms with E-state index in [9.17, 15) is 9.18 Å². The third kappa shape index (κ3) is 2.56. The Morgan fingerprint density at radius 3 is 2.93 bits per heavy atom. The number of nitrogens with zero attached hydrogens (tertiary/aromatic N) is 1. The smallest absolute Gasteiger partial charge is 0.322 e. The van der Waals surface area contributed by atoms with Gasteiger partial charge < -0.3 is 5.32 Å². The van der Waals surface area contributed by atoms with Crippen LogP contribution in [-0.4, -0.2) is 5.91 Å². The average molecular weight is 192 g/mol. The Morgan fingerprint density at radius 2 is 2.36 bits per heavy atom. The van der Waals surface area contributed by atoms with E-state index in [2.05, 4.69) is 5.32 Å². The van der Waals surface area contributed by atoms with Crippen molar-refractivity contribution in [2.24, 2.45) is 0 Å². The van der Waals surface area contributed by atoms with E-state index >= 15 is 0 Å². The van der Waals surface area contributed by atoms with E-state index in [4.69, 9.17) is 5.26 Å². The van der Waals surface area contributed by atoms with Crippen LogP contribution in [0.15, 0.2) is 18.2 Å². The van der Waals surface area contributed by atoms with Gasteiger partial charge in [0.25, 0.3) is 0 Å². The fourth-order valence-electron chi connectivity index (χ4n) is 1.04. The van der Waals surface area contributed by atoms with E-state index in [1.807, 2.05) is 0 Å². The van der Waals surface area contributed by atoms with Gasteiger partial charge in [0.05, 0.1) is 0 Å². The molecule has 0 heterocycles. The van der Waals surface area contributed by atoms with Crippen LogP contribution in [0, 0.1) is 24.1 Å². The van der Waals surface area contributed by atoms with Gasteiger partial charge in [-0.1, -0.05) is 12.1 Å². The Balaban J connectivity index is 2.65. The zero-order chi connectivity index (χ0) is 10.6. The molecule has 1 aromatic carbocycles. The zero-order valence-electron chi connectivity index (χ0n) is 7.67. The van der Waals surface area contributed by atoms with Gasteiger partial charge in [0, 0.05) is 6.54 Å². The molecule has 1 aromatic rings. The monoisotopic (exact) mass is 192 g/mol. The lowest BCUT2D eigenvalue weighted by Crippen LogP contribution is -2.20. The van der Waals surface area contributed by atoms with E-state index in [1.165, 1.54) is 12.1 Å². The van der Waals surface area contributed by atoms with E-state index in [0.29, 0.717) is 5.56 Å². The molecule has 0 saturated heterocycles. The predicted octanol–water partition coefficient (Wildman–Crippen LogP) is 1.27. The summed E-state index contributed by atoms with van der Waals surface area (Å²) in [6.45, 7) is 1.89. The van der Waals surface area contributed by atoms with Crippen molar-refractivity contribution in [3.8, 4) is 6.07 Å². The maximum absolute atomic E-state index is 12.8. The fraction of sp³-hybridized carbons (Fsp3) is 0.200. The van der Waals surface area contributed by atoms with Crippen molar-refractivity contribution >= 4 is 5.91 Å². The summed E-state index contributed by atoms with van der Waals surface area (Å²) >= 11 is 0. The van der Waals surface area contributed by atoms with Crippen molar-refractivity contribution in [1.82, 2.24) is 5.32 Å². The molecule has 3 nitrogen and oxygen atoms in total. The number of benzene rings is 1. The highest BCUT2D eigenvalue weighted by Gasteiger charge is 2.00. The molecular weight excluding hydrogens is 183 g/mol. The fourth-order valence-corrected chi connectivity index (χ4v) is 1.04. The van der Waals surface area contributed by atoms with Crippen molar-refractivity contribution in [2.45, 2.75) is 13.5 Å². The van der Waals surface area contributed by atoms with Gasteiger partial charge in [-0.15, -0.1) is 0 Å². The number of carbonyl (C=O) groups is 1. The van der Waals surface area contributed by atoms with Crippen LogP contribution in [0.2, 0.25) is 0 Å². The largest absolute Gasteiger partial charge is 0.339 e. The predicted molar refractivity (Wildman–Crippen MR) is 48.6 cm³/mol. The van der Waals surface area contributed by atoms with Crippen LogP contribution in [-0.2, 0) is 11.3 Å². The van der Waals surface area contributed by atoms with Gasteiger partial charge in [0.2, 0.25) is 0 Å². The second kappa shape index (κ2) is 4.38. The summed E-state index contributed by atoms with van der Waals surface area (Å²) in [5.41, 5.74) is 1.29. The van der Waals surface area contributed by atoms with Gasteiger partial charge in [-0.25, -0.2) is 4.39 Å². The van der Waals surface area contributed by atoms with Crippen molar-refractivity contribution in [2.75, 3.05) is 0 Å². The second-order valence-electron chi connectivity index (χ2n) is 2.88. The number of hydrogen-bond acceptors (Lipinski definition) is 2. The second-order valence-corrected chi connectivity index (χ2v) is 2.88. The SMILES string of the molecule is Cc1cc(CNC(=O)C#N)ccc1F. The first kappa shape index (κ1) is 10.2. The summed E-state index contributed by atoms with van der Waals surface area (Å²) in [7, 11) is 0. The third-order valence-corrected chi connectivity index (χ3v) is 1.78. The Labute approximate surface area is 81.2 Å². The molecule has 0 aliphatic rings. The van der Waals surface area contributed by atoms with E-state index in [1.54, 1.807) is 19.1 Å². The summed E-state index contributed by atoms with van der Waals surface area (Å²) in [6, 6.07) is 5.97. The minimum Gasteiger partial charge on any atom is -0.339 e. The molecule has 0 unspecified atom stereocenters. The number of aryl methyl sites for hydroxylation is 1. The van der Waals surface area contributed by atoms with Crippen LogP contribution in [0.25, 0.3) is 0 Å². The van der Waals surface area contributed by atoms with Crippen LogP contribution in [0.4, 0.5) is 4.39 Å². The summed E-state index contributed by atoms with van der Waals surface area (Å²) in [6.07, 6.45) is 0. The standard InChI is InChI=1S/C10H9FN2O/c1-7-4-8(2-3-9(7)11)6-13-10(14)5-12/h2-4H,6H2,1H3,(H,13,14). The Kier molecular flexibility index (Phi) is 3.19. The highest BCUT2D eigenvalue weighted by molar-refractivity contribution is 5.91. The quantitative estimate of drug-likeness (QED) is 0.717. The number of hydrogen-bond donors (Lipinski definition) is 1. The van der Waals surface area contributed by atoms with Crippen molar-refractivity contribution < 1.29 is 9.18 Å². The number of carbonyl (C=O) groups excluding carboxylic acids is 1. The van der Waals surface area contributed by atoms with Gasteiger partial charge in [-0.3, -0.25) is 4.79 Å². The molecule has 0 saturated carbocycles. The molecule has 0 aliphatic heterocycles. The minimum atomic E-state index is -0.688. The van der Waals surface area contributed by atoms with Crippen molar-refractivity contribution in [1.29, 1.82) is 5.26 Å². The van der Waals surface area contributed by atoms with Crippen LogP contribution >= 0.6 is 0 Å². The van der Waals surface area contributed by atoms with Gasteiger partial charge in [-0.2, -0.15) is 5.26 Å². The minimum absolute atomic E-state index is 0.244. The number of halogens is 1. The molecular formula is C10H9FN2O. The molecule has 0 radical (unpaired) electrons. The summed E-state index contributed by atoms with van der Waals surface area (Å²) in [5, 5.41) is 10.6. The zero-order valence-corrected chi connectivity index (χ0v) is 7.67. The van der Waals surface area contributed by atoms with E-state index < -0.39 is 5.91 Å². The summed E-state index contributed by atoms with van der Waals surface area (Å²) in [5.74, 6) is -0.965. The summed E-state index contributed by atoms with van der Waals surface area (Å²) in [4.78, 5) is 10.6. The lowest BCUT2D eigenvalue weighted by molar-refractivity contribution is -0.116. The maximum atomic E-state index is 12.8. The third-order valence-electron chi connectivity index (χ3n) is 1.78. The molecule has 14 heavy (non-hydrogen) atoms. The lowest BCUT2D eigenvalue weighted by Gasteiger charge is -2.02. The van der Waals surface area contributed by atoms with Gasteiger partial charge >= 0.3 is 5.91 Å². The number of nitrogens with one attached hydrogen (secondary N) is 1. The first-order chi connectivity index (χ1) is 6.63. The molecule has 1 amide bonds. The lowest BCUT2D eigenvalue weighted by atomic mass is 10.1. The molecule has 0 aliphatic carbocycles. The highest BCUT2D eigenvalue weighted by atomic mass is 19.1. The first-order valence-electron chi connectivity index (χ1n) is 4.06. The van der Waals surface area contributed by atoms with E-state index in [-0.39, 0.29) is 12.4 Å². The highest BCUT2D eigenvalue weighted by Crippen LogP contribution is 2.08. The molecule has 1 rings (SSSR count). The number of amides is 1. The average Bonchev–Trinajstić information content (AvgIpc) is 2.19. The Morgan fingerprint density at radius 1 is 1.64 bits per heavy atom. The molecule has 0 aromatic heterocycles. The van der Waals surface area contributed by atoms with E-state index in [0.717, 1.165) is 5.56 Å². The summed E-state index contributed by atoms with van der Waals surface area (Å²) < 4.78 is 12.8. The molecule has 0 fully saturated rings. The topological polar surface area (TPSA) is 52.9 Å². The Hall–Kier alpha value is -1.89. The maximum Gasteiger partial charge on any atom is 0.322 e. The van der Waals surface area contributed by atoms with Gasteiger partial charge in [-0.05, 0) is 24.1 Å². The normalized spacial score (nSPS) is 9.21. The van der Waals surface area contributed by atoms with Crippen LogP contribution < -0.4 is 5.32 Å². The molecule has 0 bridgehead atoms. The van der Waals surface area contributed by atoms with Crippen LogP contribution in [0.3, 0.4) is 0 Å². The van der Waals surface area contributed by atoms with Crippen LogP contribution in [0.5, 0.6) is 0 Å². The number of rotatable bonds is 2. The molecule has 72 valence electrons. The van der Waals surface area contributed by atoms with Crippen LogP contribution in [0.1, 0.15) is 11.1 Å². The van der Waals surface area contributed by atoms with Gasteiger partial charge in [0.1, 0.15) is 5.82 Å². The first-order valence-corrected chi connectivity index (χ1v) is 4.06. The number of nitriles is 1. The van der Waals surface area contributed by atoms with Crippen molar-refractivity contribution in [3.63, 3.8) is 0 Å². The van der Waals surface area contributed by atoms with Crippen molar-refractivity contribution in [3.05, 3.63) is 35.1 Å². The van der Waals surface area contributed by atoms with Gasteiger partial charge in [0.15, 0.2) is 6.07 Å². The molecule has 0 spiro atoms. The molecule has 4 heteroatoms. The molecule has 1 N–H and O–H groups in total.